The van der Waals surface area contributed by atoms with E-state index in [9.17, 15) is 0 Å². The molecule has 0 aliphatic heterocycles. The van der Waals surface area contributed by atoms with E-state index in [4.69, 9.17) is 0 Å². The molecule has 0 aliphatic carbocycles. The third-order valence-corrected chi connectivity index (χ3v) is 1.72. The molecule has 12 heavy (non-hydrogen) atoms. The predicted molar refractivity (Wildman–Crippen MR) is 49.8 cm³/mol. The van der Waals surface area contributed by atoms with Crippen molar-refractivity contribution in [1.29, 1.82) is 0 Å². The van der Waals surface area contributed by atoms with Crippen molar-refractivity contribution >= 4 is 6.20 Å². The second-order valence-corrected chi connectivity index (χ2v) is 3.87. The summed E-state index contributed by atoms with van der Waals surface area (Å²) in [4.78, 5) is 0. The summed E-state index contributed by atoms with van der Waals surface area (Å²) in [7, 11) is 0. The van der Waals surface area contributed by atoms with Crippen molar-refractivity contribution < 1.29 is 0 Å². The number of hydrogen-bond donors (Lipinski definition) is 0. The molecule has 1 aromatic rings. The molecular weight excluding hydrogens is 150 g/mol. The maximum Gasteiger partial charge on any atom is 0.142 e. The van der Waals surface area contributed by atoms with E-state index in [1.54, 1.807) is 6.20 Å². The van der Waals surface area contributed by atoms with Gasteiger partial charge < -0.3 is 0 Å². The third kappa shape index (κ3) is 1.40. The van der Waals surface area contributed by atoms with Crippen LogP contribution in [0.2, 0.25) is 0 Å². The number of nitrogens with zero attached hydrogens (tertiary/aromatic N) is 3. The van der Waals surface area contributed by atoms with Crippen molar-refractivity contribution in [2.75, 3.05) is 0 Å². The van der Waals surface area contributed by atoms with Gasteiger partial charge in [-0.1, -0.05) is 27.4 Å². The molecular formula is C9H15N3. The highest BCUT2D eigenvalue weighted by Crippen LogP contribution is 2.20. The average molecular weight is 165 g/mol. The van der Waals surface area contributed by atoms with Crippen molar-refractivity contribution in [2.45, 2.75) is 33.1 Å². The van der Waals surface area contributed by atoms with Crippen LogP contribution >= 0.6 is 0 Å². The fourth-order valence-corrected chi connectivity index (χ4v) is 1.10. The lowest BCUT2D eigenvalue weighted by Gasteiger charge is -2.16. The van der Waals surface area contributed by atoms with E-state index in [-0.39, 0.29) is 5.41 Å². The van der Waals surface area contributed by atoms with Gasteiger partial charge in [0.15, 0.2) is 0 Å². The van der Waals surface area contributed by atoms with E-state index >= 15 is 0 Å². The number of aryl methyl sites for hydroxylation is 1. The lowest BCUT2D eigenvalue weighted by atomic mass is 9.96. The Morgan fingerprint density at radius 1 is 1.33 bits per heavy atom. The molecule has 1 aromatic heterocycles. The van der Waals surface area contributed by atoms with Gasteiger partial charge in [0.1, 0.15) is 11.6 Å². The van der Waals surface area contributed by atoms with Gasteiger partial charge in [0, 0.05) is 11.6 Å². The van der Waals surface area contributed by atoms with Crippen molar-refractivity contribution in [3.8, 4) is 0 Å². The van der Waals surface area contributed by atoms with E-state index in [0.29, 0.717) is 0 Å². The third-order valence-electron chi connectivity index (χ3n) is 1.72. The van der Waals surface area contributed by atoms with Crippen molar-refractivity contribution in [1.82, 2.24) is 14.8 Å². The van der Waals surface area contributed by atoms with Crippen LogP contribution in [-0.2, 0) is 5.41 Å². The first-order valence-electron chi connectivity index (χ1n) is 4.01. The summed E-state index contributed by atoms with van der Waals surface area (Å²) in [5.74, 6) is 1.84. The summed E-state index contributed by atoms with van der Waals surface area (Å²) in [6.45, 7) is 12.0. The summed E-state index contributed by atoms with van der Waals surface area (Å²) in [6.07, 6.45) is 1.75. The van der Waals surface area contributed by atoms with E-state index in [1.165, 1.54) is 0 Å². The van der Waals surface area contributed by atoms with E-state index in [1.807, 2.05) is 11.5 Å². The van der Waals surface area contributed by atoms with Gasteiger partial charge in [0.05, 0.1) is 0 Å². The summed E-state index contributed by atoms with van der Waals surface area (Å²) >= 11 is 0. The van der Waals surface area contributed by atoms with E-state index in [0.717, 1.165) is 11.6 Å². The molecule has 0 saturated heterocycles. The largest absolute Gasteiger partial charge is 0.290 e. The van der Waals surface area contributed by atoms with Gasteiger partial charge in [0.25, 0.3) is 0 Å². The number of rotatable bonds is 1. The molecule has 0 aromatic carbocycles. The van der Waals surface area contributed by atoms with Crippen molar-refractivity contribution in [3.05, 3.63) is 18.2 Å². The number of hydrogen-bond acceptors (Lipinski definition) is 2. The second kappa shape index (κ2) is 2.73. The summed E-state index contributed by atoms with van der Waals surface area (Å²) in [6, 6.07) is 0. The molecule has 0 amide bonds. The highest BCUT2D eigenvalue weighted by Gasteiger charge is 2.21. The van der Waals surface area contributed by atoms with Crippen LogP contribution in [0.1, 0.15) is 32.4 Å². The highest BCUT2D eigenvalue weighted by atomic mass is 15.3. The van der Waals surface area contributed by atoms with Crippen LogP contribution in [0.3, 0.4) is 0 Å². The van der Waals surface area contributed by atoms with Crippen LogP contribution in [0.15, 0.2) is 6.58 Å². The summed E-state index contributed by atoms with van der Waals surface area (Å²) < 4.78 is 1.92. The minimum absolute atomic E-state index is 0.0233. The first kappa shape index (κ1) is 8.97. The van der Waals surface area contributed by atoms with Crippen LogP contribution < -0.4 is 0 Å². The predicted octanol–water partition coefficient (Wildman–Crippen LogP) is 1.98. The molecule has 3 heteroatoms. The lowest BCUT2D eigenvalue weighted by Crippen LogP contribution is -2.17. The molecule has 0 N–H and O–H groups in total. The van der Waals surface area contributed by atoms with Crippen LogP contribution in [-0.4, -0.2) is 14.8 Å². The van der Waals surface area contributed by atoms with Crippen LogP contribution in [0, 0.1) is 6.92 Å². The van der Waals surface area contributed by atoms with E-state index in [2.05, 4.69) is 37.5 Å². The summed E-state index contributed by atoms with van der Waals surface area (Å²) in [5, 5.41) is 8.10. The van der Waals surface area contributed by atoms with Gasteiger partial charge in [-0.05, 0) is 6.92 Å². The molecule has 0 fully saturated rings. The maximum absolute atomic E-state index is 4.10. The minimum Gasteiger partial charge on any atom is -0.290 e. The molecule has 1 heterocycles. The standard InChI is InChI=1S/C9H15N3/c1-6-12-7(2)10-11-8(12)9(3,4)5/h6H,1H2,2-5H3. The van der Waals surface area contributed by atoms with Crippen LogP contribution in [0.5, 0.6) is 0 Å². The topological polar surface area (TPSA) is 30.7 Å². The molecule has 1 rings (SSSR count). The zero-order chi connectivity index (χ0) is 9.35. The molecule has 0 unspecified atom stereocenters. The fourth-order valence-electron chi connectivity index (χ4n) is 1.10. The molecule has 0 atom stereocenters. The smallest absolute Gasteiger partial charge is 0.142 e. The number of aromatic nitrogens is 3. The van der Waals surface area contributed by atoms with Gasteiger partial charge in [-0.15, -0.1) is 10.2 Å². The Morgan fingerprint density at radius 2 is 1.92 bits per heavy atom. The van der Waals surface area contributed by atoms with Gasteiger partial charge in [-0.2, -0.15) is 0 Å². The maximum atomic E-state index is 4.10. The Morgan fingerprint density at radius 3 is 2.25 bits per heavy atom. The first-order chi connectivity index (χ1) is 5.46. The monoisotopic (exact) mass is 165 g/mol. The average Bonchev–Trinajstić information content (AvgIpc) is 2.29. The molecule has 0 bridgehead atoms. The molecule has 0 saturated carbocycles. The Kier molecular flexibility index (Phi) is 2.04. The fraction of sp³-hybridized carbons (Fsp3) is 0.556. The van der Waals surface area contributed by atoms with Crippen LogP contribution in [0.25, 0.3) is 6.20 Å². The Balaban J connectivity index is 3.25. The lowest BCUT2D eigenvalue weighted by molar-refractivity contribution is 0.536. The van der Waals surface area contributed by atoms with Gasteiger partial charge in [0.2, 0.25) is 0 Å². The Bertz CT molecular complexity index is 291. The molecule has 0 radical (unpaired) electrons. The highest BCUT2D eigenvalue weighted by molar-refractivity contribution is 5.24. The quantitative estimate of drug-likeness (QED) is 0.637. The van der Waals surface area contributed by atoms with Crippen molar-refractivity contribution in [2.24, 2.45) is 0 Å². The molecule has 3 nitrogen and oxygen atoms in total. The van der Waals surface area contributed by atoms with Gasteiger partial charge in [-0.3, -0.25) is 4.57 Å². The SMILES string of the molecule is C=Cn1c(C)nnc1C(C)(C)C. The Hall–Kier alpha value is -1.12. The Labute approximate surface area is 73.1 Å². The van der Waals surface area contributed by atoms with Gasteiger partial charge in [-0.25, -0.2) is 0 Å². The normalized spacial score (nSPS) is 11.7. The van der Waals surface area contributed by atoms with E-state index < -0.39 is 0 Å². The zero-order valence-electron chi connectivity index (χ0n) is 8.13. The zero-order valence-corrected chi connectivity index (χ0v) is 8.13. The molecule has 0 aliphatic rings. The minimum atomic E-state index is 0.0233. The summed E-state index contributed by atoms with van der Waals surface area (Å²) in [5.41, 5.74) is 0.0233. The van der Waals surface area contributed by atoms with Crippen LogP contribution in [0.4, 0.5) is 0 Å². The van der Waals surface area contributed by atoms with Crippen molar-refractivity contribution in [3.63, 3.8) is 0 Å². The van der Waals surface area contributed by atoms with Gasteiger partial charge >= 0.3 is 0 Å². The first-order valence-corrected chi connectivity index (χ1v) is 4.01. The molecule has 0 spiro atoms. The molecule has 66 valence electrons. The second-order valence-electron chi connectivity index (χ2n) is 3.87.